The van der Waals surface area contributed by atoms with E-state index in [9.17, 15) is 10.1 Å². The molecule has 4 atom stereocenters. The van der Waals surface area contributed by atoms with Crippen molar-refractivity contribution in [3.05, 3.63) is 24.2 Å². The van der Waals surface area contributed by atoms with Gasteiger partial charge in [-0.15, -0.1) is 0 Å². The van der Waals surface area contributed by atoms with Gasteiger partial charge in [-0.3, -0.25) is 0 Å². The molecule has 4 rings (SSSR count). The van der Waals surface area contributed by atoms with Crippen LogP contribution in [-0.4, -0.2) is 57.6 Å². The van der Waals surface area contributed by atoms with E-state index in [2.05, 4.69) is 16.2 Å². The molecular weight excluding hydrogens is 418 g/mol. The number of rotatable bonds is 4. The Morgan fingerprint density at radius 1 is 1.28 bits per heavy atom. The molecule has 2 aliphatic heterocycles. The number of anilines is 1. The molecule has 2 aromatic rings. The van der Waals surface area contributed by atoms with Gasteiger partial charge in [-0.1, -0.05) is 20.8 Å². The minimum Gasteiger partial charge on any atom is -0.434 e. The summed E-state index contributed by atoms with van der Waals surface area (Å²) in [6, 6.07) is 5.68. The van der Waals surface area contributed by atoms with Crippen LogP contribution in [0, 0.1) is 16.7 Å². The van der Waals surface area contributed by atoms with Crippen LogP contribution in [-0.2, 0) is 23.7 Å². The first-order valence-corrected chi connectivity index (χ1v) is 10.3. The van der Waals surface area contributed by atoms with E-state index < -0.39 is 35.9 Å². The average Bonchev–Trinajstić information content (AvgIpc) is 3.35. The molecule has 2 aliphatic rings. The highest BCUT2D eigenvalue weighted by atomic mass is 16.8. The second-order valence-electron chi connectivity index (χ2n) is 9.65. The van der Waals surface area contributed by atoms with E-state index in [0.29, 0.717) is 17.0 Å². The first-order chi connectivity index (χ1) is 14.9. The molecule has 172 valence electrons. The molecule has 0 saturated carbocycles. The van der Waals surface area contributed by atoms with Gasteiger partial charge in [0.1, 0.15) is 42.8 Å². The zero-order chi connectivity index (χ0) is 23.3. The molecule has 2 aromatic heterocycles. The van der Waals surface area contributed by atoms with Crippen molar-refractivity contribution in [2.45, 2.75) is 64.3 Å². The van der Waals surface area contributed by atoms with Crippen LogP contribution in [0.3, 0.4) is 0 Å². The molecule has 11 nitrogen and oxygen atoms in total. The Labute approximate surface area is 185 Å². The second kappa shape index (κ2) is 7.58. The maximum atomic E-state index is 12.1. The summed E-state index contributed by atoms with van der Waals surface area (Å²) in [6.07, 6.45) is -1.74. The molecule has 11 heteroatoms. The third-order valence-corrected chi connectivity index (χ3v) is 5.24. The van der Waals surface area contributed by atoms with E-state index in [1.807, 2.05) is 20.8 Å². The first kappa shape index (κ1) is 22.3. The number of carbonyl (C=O) groups is 1. The lowest BCUT2D eigenvalue weighted by molar-refractivity contribution is -0.205. The Morgan fingerprint density at radius 2 is 2.03 bits per heavy atom. The van der Waals surface area contributed by atoms with E-state index in [4.69, 9.17) is 29.4 Å². The maximum Gasteiger partial charge on any atom is 0.508 e. The lowest BCUT2D eigenvalue weighted by Crippen LogP contribution is -2.46. The predicted octanol–water partition coefficient (Wildman–Crippen LogP) is 2.36. The standard InChI is InChI=1S/C21H27N5O6/c1-19(2,3)9-28-18(27)29-10-21(8-22)16-15(30-20(4,5)32-16)14(31-21)12-6-7-13-17(23)24-11-25-26(12)13/h6-7,11,14-16H,9-10H2,1-5H3,(H2,23,24,25)/t14-,15-,16-,21+/m0/s1. The molecule has 0 aromatic carbocycles. The molecule has 0 aliphatic carbocycles. The van der Waals surface area contributed by atoms with Gasteiger partial charge in [-0.25, -0.2) is 14.3 Å². The van der Waals surface area contributed by atoms with Crippen molar-refractivity contribution in [3.63, 3.8) is 0 Å². The summed E-state index contributed by atoms with van der Waals surface area (Å²) in [7, 11) is 0. The monoisotopic (exact) mass is 445 g/mol. The number of nitrogen functional groups attached to an aromatic ring is 1. The number of nitriles is 1. The van der Waals surface area contributed by atoms with Gasteiger partial charge in [0.05, 0.1) is 12.3 Å². The molecule has 0 spiro atoms. The van der Waals surface area contributed by atoms with Crippen LogP contribution in [0.5, 0.6) is 0 Å². The van der Waals surface area contributed by atoms with Gasteiger partial charge in [-0.2, -0.15) is 10.4 Å². The SMILES string of the molecule is CC(C)(C)COC(=O)OC[C@@]1(C#N)O[C@@H](c2ccc3c(N)ncnn23)[C@@H]2OC(C)(C)O[C@@H]21. The number of ether oxygens (including phenoxy) is 5. The fourth-order valence-corrected chi connectivity index (χ4v) is 3.87. The Morgan fingerprint density at radius 3 is 2.72 bits per heavy atom. The highest BCUT2D eigenvalue weighted by molar-refractivity contribution is 5.65. The summed E-state index contributed by atoms with van der Waals surface area (Å²) in [5.41, 5.74) is 5.32. The van der Waals surface area contributed by atoms with Crippen molar-refractivity contribution < 1.29 is 28.5 Å². The zero-order valence-corrected chi connectivity index (χ0v) is 18.7. The Balaban J connectivity index is 1.61. The number of hydrogen-bond donors (Lipinski definition) is 1. The highest BCUT2D eigenvalue weighted by Gasteiger charge is 2.65. The van der Waals surface area contributed by atoms with E-state index >= 15 is 0 Å². The number of carbonyl (C=O) groups excluding carboxylic acids is 1. The quantitative estimate of drug-likeness (QED) is 0.696. The van der Waals surface area contributed by atoms with Crippen molar-refractivity contribution in [3.8, 4) is 6.07 Å². The smallest absolute Gasteiger partial charge is 0.434 e. The summed E-state index contributed by atoms with van der Waals surface area (Å²) in [5, 5.41) is 14.3. The van der Waals surface area contributed by atoms with Gasteiger partial charge in [0, 0.05) is 0 Å². The van der Waals surface area contributed by atoms with Crippen LogP contribution >= 0.6 is 0 Å². The Hall–Kier alpha value is -2.94. The Bertz CT molecular complexity index is 1070. The van der Waals surface area contributed by atoms with Gasteiger partial charge < -0.3 is 29.4 Å². The van der Waals surface area contributed by atoms with Gasteiger partial charge in [0.2, 0.25) is 5.60 Å². The van der Waals surface area contributed by atoms with Crippen LogP contribution in [0.1, 0.15) is 46.4 Å². The van der Waals surface area contributed by atoms with Crippen molar-refractivity contribution in [1.82, 2.24) is 14.6 Å². The Kier molecular flexibility index (Phi) is 5.27. The third-order valence-electron chi connectivity index (χ3n) is 5.24. The molecular formula is C21H27N5O6. The van der Waals surface area contributed by atoms with Crippen LogP contribution in [0.2, 0.25) is 0 Å². The summed E-state index contributed by atoms with van der Waals surface area (Å²) < 4.78 is 30.3. The lowest BCUT2D eigenvalue weighted by atomic mass is 9.96. The largest absolute Gasteiger partial charge is 0.508 e. The topological polar surface area (TPSA) is 143 Å². The first-order valence-electron chi connectivity index (χ1n) is 10.3. The fraction of sp³-hybridized carbons (Fsp3) is 0.619. The normalized spacial score (nSPS) is 28.9. The molecule has 0 amide bonds. The van der Waals surface area contributed by atoms with E-state index in [1.165, 1.54) is 6.33 Å². The summed E-state index contributed by atoms with van der Waals surface area (Å²) >= 11 is 0. The maximum absolute atomic E-state index is 12.1. The minimum absolute atomic E-state index is 0.171. The molecule has 4 heterocycles. The number of nitrogens with two attached hydrogens (primary N) is 1. The highest BCUT2D eigenvalue weighted by Crippen LogP contribution is 2.50. The molecule has 2 saturated heterocycles. The molecule has 0 unspecified atom stereocenters. The summed E-state index contributed by atoms with van der Waals surface area (Å²) in [4.78, 5) is 16.1. The molecule has 0 radical (unpaired) electrons. The zero-order valence-electron chi connectivity index (χ0n) is 18.7. The lowest BCUT2D eigenvalue weighted by Gasteiger charge is -2.28. The second-order valence-corrected chi connectivity index (χ2v) is 9.65. The fourth-order valence-electron chi connectivity index (χ4n) is 3.87. The van der Waals surface area contributed by atoms with Gasteiger partial charge in [0.25, 0.3) is 0 Å². The number of nitrogens with zero attached hydrogens (tertiary/aromatic N) is 4. The minimum atomic E-state index is -1.60. The molecule has 32 heavy (non-hydrogen) atoms. The average molecular weight is 445 g/mol. The van der Waals surface area contributed by atoms with E-state index in [-0.39, 0.29) is 18.6 Å². The molecule has 0 bridgehead atoms. The number of aromatic nitrogens is 3. The van der Waals surface area contributed by atoms with Crippen LogP contribution in [0.15, 0.2) is 18.5 Å². The van der Waals surface area contributed by atoms with Crippen molar-refractivity contribution >= 4 is 17.5 Å². The van der Waals surface area contributed by atoms with Gasteiger partial charge in [-0.05, 0) is 31.4 Å². The summed E-state index contributed by atoms with van der Waals surface area (Å²) in [5.74, 6) is -0.658. The molecule has 2 fully saturated rings. The number of fused-ring (bicyclic) bond motifs is 2. The third kappa shape index (κ3) is 3.97. The number of hydrogen-bond acceptors (Lipinski definition) is 10. The summed E-state index contributed by atoms with van der Waals surface area (Å²) in [6.45, 7) is 9.07. The molecule has 2 N–H and O–H groups in total. The van der Waals surface area contributed by atoms with Crippen LogP contribution < -0.4 is 5.73 Å². The van der Waals surface area contributed by atoms with E-state index in [1.54, 1.807) is 30.5 Å². The van der Waals surface area contributed by atoms with Gasteiger partial charge in [0.15, 0.2) is 11.6 Å². The van der Waals surface area contributed by atoms with Crippen molar-refractivity contribution in [2.75, 3.05) is 18.9 Å². The van der Waals surface area contributed by atoms with Crippen LogP contribution in [0.25, 0.3) is 5.52 Å². The predicted molar refractivity (Wildman–Crippen MR) is 110 cm³/mol. The van der Waals surface area contributed by atoms with Crippen molar-refractivity contribution in [1.29, 1.82) is 5.26 Å². The van der Waals surface area contributed by atoms with Crippen molar-refractivity contribution in [2.24, 2.45) is 5.41 Å². The van der Waals surface area contributed by atoms with Gasteiger partial charge >= 0.3 is 6.16 Å². The van der Waals surface area contributed by atoms with Crippen LogP contribution in [0.4, 0.5) is 10.6 Å². The van der Waals surface area contributed by atoms with E-state index in [0.717, 1.165) is 0 Å².